The van der Waals surface area contributed by atoms with Crippen molar-refractivity contribution >= 4 is 23.2 Å². The van der Waals surface area contributed by atoms with Crippen molar-refractivity contribution in [1.82, 2.24) is 14.4 Å². The van der Waals surface area contributed by atoms with Crippen LogP contribution in [0.5, 0.6) is 0 Å². The molecule has 2 aromatic rings. The number of carbonyl (C=O) groups is 2. The molecule has 0 radical (unpaired) electrons. The molecular formula is C19H22F2N4O2. The Morgan fingerprint density at radius 2 is 1.78 bits per heavy atom. The van der Waals surface area contributed by atoms with Gasteiger partial charge in [-0.3, -0.25) is 19.3 Å². The maximum Gasteiger partial charge on any atom is 0.328 e. The van der Waals surface area contributed by atoms with Crippen LogP contribution in [-0.2, 0) is 0 Å². The van der Waals surface area contributed by atoms with Crippen molar-refractivity contribution < 1.29 is 18.4 Å². The first-order chi connectivity index (χ1) is 12.9. The number of nitrogens with zero attached hydrogens (tertiary/aromatic N) is 4. The first-order valence-electron chi connectivity index (χ1n) is 8.83. The lowest BCUT2D eigenvalue weighted by molar-refractivity contribution is 0.112. The Morgan fingerprint density at radius 1 is 1.15 bits per heavy atom. The number of aldehydes is 1. The molecule has 0 atom stereocenters. The van der Waals surface area contributed by atoms with Gasteiger partial charge in [-0.15, -0.1) is 0 Å². The lowest BCUT2D eigenvalue weighted by Crippen LogP contribution is -2.51. The maximum absolute atomic E-state index is 13.9. The average Bonchev–Trinajstić information content (AvgIpc) is 2.67. The van der Waals surface area contributed by atoms with Crippen LogP contribution in [-0.4, -0.2) is 66.0 Å². The summed E-state index contributed by atoms with van der Waals surface area (Å²) in [4.78, 5) is 32.5. The minimum Gasteiger partial charge on any atom is -0.321 e. The van der Waals surface area contributed by atoms with Crippen LogP contribution in [0.25, 0.3) is 10.9 Å². The largest absolute Gasteiger partial charge is 0.328 e. The minimum atomic E-state index is -1.06. The molecule has 0 N–H and O–H groups in total. The van der Waals surface area contributed by atoms with Crippen molar-refractivity contribution in [3.8, 4) is 0 Å². The van der Waals surface area contributed by atoms with Gasteiger partial charge in [0.1, 0.15) is 0 Å². The Bertz CT molecular complexity index is 960. The number of halogens is 2. The van der Waals surface area contributed by atoms with E-state index in [-0.39, 0.29) is 27.9 Å². The highest BCUT2D eigenvalue weighted by atomic mass is 19.2. The van der Waals surface area contributed by atoms with Crippen molar-refractivity contribution in [1.29, 1.82) is 0 Å². The predicted octanol–water partition coefficient (Wildman–Crippen LogP) is 2.26. The first kappa shape index (κ1) is 19.2. The summed E-state index contributed by atoms with van der Waals surface area (Å²) in [5.74, 6) is -2.12. The molecule has 1 aromatic carbocycles. The highest BCUT2D eigenvalue weighted by molar-refractivity contribution is 5.93. The van der Waals surface area contributed by atoms with E-state index in [1.807, 2.05) is 0 Å². The number of pyridine rings is 1. The van der Waals surface area contributed by atoms with Crippen LogP contribution >= 0.6 is 0 Å². The van der Waals surface area contributed by atoms with Gasteiger partial charge in [-0.2, -0.15) is 0 Å². The van der Waals surface area contributed by atoms with Gasteiger partial charge in [0, 0.05) is 56.9 Å². The average molecular weight is 376 g/mol. The van der Waals surface area contributed by atoms with Crippen LogP contribution in [0.2, 0.25) is 0 Å². The highest BCUT2D eigenvalue weighted by Gasteiger charge is 2.25. The van der Waals surface area contributed by atoms with E-state index in [0.717, 1.165) is 25.2 Å². The fraction of sp³-hybridized carbons (Fsp3) is 0.421. The van der Waals surface area contributed by atoms with Crippen LogP contribution in [0, 0.1) is 11.6 Å². The number of rotatable bonds is 2. The fourth-order valence-corrected chi connectivity index (χ4v) is 3.43. The number of hydrogen-bond donors (Lipinski definition) is 0. The summed E-state index contributed by atoms with van der Waals surface area (Å²) in [6, 6.07) is 1.96. The van der Waals surface area contributed by atoms with E-state index in [1.165, 1.54) is 17.8 Å². The van der Waals surface area contributed by atoms with Crippen molar-refractivity contribution in [3.05, 3.63) is 40.9 Å². The second kappa shape index (κ2) is 7.56. The zero-order chi connectivity index (χ0) is 19.7. The topological polar surface area (TPSA) is 57.9 Å². The Labute approximate surface area is 155 Å². The molecule has 0 saturated carbocycles. The van der Waals surface area contributed by atoms with Gasteiger partial charge in [0.15, 0.2) is 17.9 Å². The van der Waals surface area contributed by atoms with E-state index in [0.29, 0.717) is 25.4 Å². The molecule has 1 amide bonds. The molecule has 3 rings (SSSR count). The zero-order valence-corrected chi connectivity index (χ0v) is 15.6. The SMILES string of the molecule is C/N=c1/c(C=O)cn(C(=O)N2CCN(C(C)C)CC2)c2cc(F)c(F)cc12. The summed E-state index contributed by atoms with van der Waals surface area (Å²) in [7, 11) is 1.46. The van der Waals surface area contributed by atoms with E-state index >= 15 is 0 Å². The molecule has 1 fully saturated rings. The molecular weight excluding hydrogens is 354 g/mol. The Morgan fingerprint density at radius 3 is 2.33 bits per heavy atom. The number of benzene rings is 1. The number of carbonyl (C=O) groups excluding carboxylic acids is 2. The van der Waals surface area contributed by atoms with E-state index in [2.05, 4.69) is 23.7 Å². The molecule has 27 heavy (non-hydrogen) atoms. The monoisotopic (exact) mass is 376 g/mol. The van der Waals surface area contributed by atoms with Gasteiger partial charge >= 0.3 is 6.03 Å². The molecule has 2 heterocycles. The molecule has 1 aliphatic heterocycles. The van der Waals surface area contributed by atoms with Gasteiger partial charge < -0.3 is 4.90 Å². The highest BCUT2D eigenvalue weighted by Crippen LogP contribution is 2.18. The second-order valence-electron chi connectivity index (χ2n) is 6.83. The van der Waals surface area contributed by atoms with Crippen LogP contribution in [0.3, 0.4) is 0 Å². The Kier molecular flexibility index (Phi) is 5.36. The summed E-state index contributed by atoms with van der Waals surface area (Å²) in [6.45, 7) is 6.69. The normalized spacial score (nSPS) is 16.4. The van der Waals surface area contributed by atoms with E-state index < -0.39 is 11.6 Å². The lowest BCUT2D eigenvalue weighted by Gasteiger charge is -2.37. The fourth-order valence-electron chi connectivity index (χ4n) is 3.43. The molecule has 1 aromatic heterocycles. The number of fused-ring (bicyclic) bond motifs is 1. The first-order valence-corrected chi connectivity index (χ1v) is 8.83. The van der Waals surface area contributed by atoms with Gasteiger partial charge in [0.05, 0.1) is 16.4 Å². The zero-order valence-electron chi connectivity index (χ0n) is 15.6. The summed E-state index contributed by atoms with van der Waals surface area (Å²) < 4.78 is 28.9. The third-order valence-electron chi connectivity index (χ3n) is 4.97. The second-order valence-corrected chi connectivity index (χ2v) is 6.83. The van der Waals surface area contributed by atoms with Gasteiger partial charge in [-0.1, -0.05) is 0 Å². The quantitative estimate of drug-likeness (QED) is 0.756. The number of amides is 1. The molecule has 1 saturated heterocycles. The smallest absolute Gasteiger partial charge is 0.321 e. The maximum atomic E-state index is 13.9. The predicted molar refractivity (Wildman–Crippen MR) is 97.8 cm³/mol. The van der Waals surface area contributed by atoms with Crippen molar-refractivity contribution in [2.24, 2.45) is 4.99 Å². The number of piperazine rings is 1. The number of hydrogen-bond acceptors (Lipinski definition) is 4. The van der Waals surface area contributed by atoms with Gasteiger partial charge in [-0.05, 0) is 19.9 Å². The summed E-state index contributed by atoms with van der Waals surface area (Å²) >= 11 is 0. The number of aromatic nitrogens is 1. The molecule has 0 aliphatic carbocycles. The van der Waals surface area contributed by atoms with Gasteiger partial charge in [0.2, 0.25) is 0 Å². The molecule has 0 unspecified atom stereocenters. The van der Waals surface area contributed by atoms with Crippen molar-refractivity contribution in [3.63, 3.8) is 0 Å². The third-order valence-corrected chi connectivity index (χ3v) is 4.97. The van der Waals surface area contributed by atoms with Crippen LogP contribution in [0.1, 0.15) is 24.2 Å². The van der Waals surface area contributed by atoms with E-state index in [9.17, 15) is 18.4 Å². The van der Waals surface area contributed by atoms with Gasteiger partial charge in [-0.25, -0.2) is 13.6 Å². The third kappa shape index (κ3) is 3.49. The molecule has 0 bridgehead atoms. The molecule has 6 nitrogen and oxygen atoms in total. The standard InChI is InChI=1S/C19H22F2N4O2/c1-12(2)23-4-6-24(7-5-23)19(27)25-10-13(11-26)18(22-3)14-8-15(20)16(21)9-17(14)25/h8-12H,4-7H2,1-3H3/b22-18-. The van der Waals surface area contributed by atoms with Gasteiger partial charge in [0.25, 0.3) is 0 Å². The molecule has 1 aliphatic rings. The summed E-state index contributed by atoms with van der Waals surface area (Å²) in [5.41, 5.74) is 0.321. The summed E-state index contributed by atoms with van der Waals surface area (Å²) in [6.07, 6.45) is 1.90. The molecule has 8 heteroatoms. The minimum absolute atomic E-state index is 0.144. The van der Waals surface area contributed by atoms with Crippen molar-refractivity contribution in [2.75, 3.05) is 33.2 Å². The van der Waals surface area contributed by atoms with Crippen LogP contribution in [0.15, 0.2) is 23.3 Å². The van der Waals surface area contributed by atoms with Crippen LogP contribution in [0.4, 0.5) is 13.6 Å². The van der Waals surface area contributed by atoms with Crippen molar-refractivity contribution in [2.45, 2.75) is 19.9 Å². The molecule has 0 spiro atoms. The van der Waals surface area contributed by atoms with E-state index in [1.54, 1.807) is 4.90 Å². The summed E-state index contributed by atoms with van der Waals surface area (Å²) in [5, 5.41) is 0.447. The van der Waals surface area contributed by atoms with Crippen LogP contribution < -0.4 is 5.36 Å². The van der Waals surface area contributed by atoms with E-state index in [4.69, 9.17) is 0 Å². The Balaban J connectivity index is 2.10. The lowest BCUT2D eigenvalue weighted by atomic mass is 10.1. The Hall–Kier alpha value is -2.61. The molecule has 144 valence electrons.